The van der Waals surface area contributed by atoms with Crippen LogP contribution in [0.4, 0.5) is 0 Å². The molecule has 0 saturated heterocycles. The Hall–Kier alpha value is -0.380. The molecule has 0 saturated carbocycles. The van der Waals surface area contributed by atoms with E-state index in [1.807, 2.05) is 0 Å². The number of hydrogen-bond acceptors (Lipinski definition) is 3. The van der Waals surface area contributed by atoms with Crippen LogP contribution >= 0.6 is 0 Å². The fourth-order valence-corrected chi connectivity index (χ4v) is 1.36. The summed E-state index contributed by atoms with van der Waals surface area (Å²) in [6.07, 6.45) is 3.35. The minimum Gasteiger partial charge on any atom is -0.300 e. The van der Waals surface area contributed by atoms with E-state index >= 15 is 0 Å². The zero-order valence-electron chi connectivity index (χ0n) is 7.05. The Morgan fingerprint density at radius 1 is 1.73 bits per heavy atom. The van der Waals surface area contributed by atoms with E-state index in [0.29, 0.717) is 6.61 Å². The maximum absolute atomic E-state index is 4.99. The first kappa shape index (κ1) is 8.71. The molecule has 2 N–H and O–H groups in total. The third-order valence-electron chi connectivity index (χ3n) is 2.02. The Labute approximate surface area is 67.8 Å². The zero-order valence-corrected chi connectivity index (χ0v) is 7.05. The van der Waals surface area contributed by atoms with Gasteiger partial charge in [-0.15, -0.1) is 0 Å². The molecule has 0 bridgehead atoms. The first-order valence-corrected chi connectivity index (χ1v) is 4.08. The quantitative estimate of drug-likeness (QED) is 0.478. The molecule has 0 aromatic carbocycles. The molecule has 0 atom stereocenters. The fraction of sp³-hybridized carbons (Fsp3) is 0.750. The Bertz CT molecular complexity index is 145. The van der Waals surface area contributed by atoms with Gasteiger partial charge in [0.05, 0.1) is 6.61 Å². The van der Waals surface area contributed by atoms with Gasteiger partial charge in [-0.05, 0) is 18.5 Å². The van der Waals surface area contributed by atoms with Crippen molar-refractivity contribution in [3.63, 3.8) is 0 Å². The van der Waals surface area contributed by atoms with Crippen LogP contribution < -0.4 is 5.90 Å². The van der Waals surface area contributed by atoms with Gasteiger partial charge in [0.1, 0.15) is 0 Å². The lowest BCUT2D eigenvalue weighted by Gasteiger charge is -2.25. The minimum absolute atomic E-state index is 0.580. The van der Waals surface area contributed by atoms with Crippen molar-refractivity contribution in [2.24, 2.45) is 5.90 Å². The molecule has 0 aliphatic carbocycles. The van der Waals surface area contributed by atoms with E-state index < -0.39 is 0 Å². The van der Waals surface area contributed by atoms with Crippen LogP contribution in [-0.4, -0.2) is 31.1 Å². The highest BCUT2D eigenvalue weighted by atomic mass is 16.6. The Morgan fingerprint density at radius 3 is 3.18 bits per heavy atom. The van der Waals surface area contributed by atoms with Crippen LogP contribution in [0.1, 0.15) is 13.3 Å². The summed E-state index contributed by atoms with van der Waals surface area (Å²) in [5, 5.41) is 0. The van der Waals surface area contributed by atoms with Crippen molar-refractivity contribution in [2.75, 3.05) is 26.2 Å². The molecule has 0 spiro atoms. The third kappa shape index (κ3) is 2.61. The normalized spacial score (nSPS) is 20.0. The average Bonchev–Trinajstić information content (AvgIpc) is 2.06. The van der Waals surface area contributed by atoms with E-state index in [0.717, 1.165) is 19.5 Å². The molecule has 0 fully saturated rings. The predicted molar refractivity (Wildman–Crippen MR) is 45.0 cm³/mol. The van der Waals surface area contributed by atoms with Crippen molar-refractivity contribution in [1.82, 2.24) is 4.90 Å². The first-order chi connectivity index (χ1) is 5.36. The van der Waals surface area contributed by atoms with Crippen LogP contribution in [-0.2, 0) is 4.84 Å². The minimum atomic E-state index is 0.580. The Balaban J connectivity index is 2.35. The highest BCUT2D eigenvalue weighted by Gasteiger charge is 2.09. The summed E-state index contributed by atoms with van der Waals surface area (Å²) in [5.74, 6) is 4.99. The van der Waals surface area contributed by atoms with Crippen LogP contribution in [0.2, 0.25) is 0 Å². The molecule has 1 rings (SSSR count). The van der Waals surface area contributed by atoms with Crippen molar-refractivity contribution in [3.8, 4) is 0 Å². The molecule has 11 heavy (non-hydrogen) atoms. The largest absolute Gasteiger partial charge is 0.300 e. The van der Waals surface area contributed by atoms with E-state index in [2.05, 4.69) is 22.7 Å². The van der Waals surface area contributed by atoms with Crippen LogP contribution in [0, 0.1) is 0 Å². The molecular formula is C8H16N2O. The molecule has 0 aromatic rings. The van der Waals surface area contributed by atoms with Gasteiger partial charge in [-0.2, -0.15) is 0 Å². The lowest BCUT2D eigenvalue weighted by Crippen LogP contribution is -2.31. The van der Waals surface area contributed by atoms with Crippen molar-refractivity contribution < 1.29 is 4.84 Å². The maximum Gasteiger partial charge on any atom is 0.0902 e. The molecular weight excluding hydrogens is 140 g/mol. The SMILES string of the molecule is CCN1CCC=C(CON)C1. The monoisotopic (exact) mass is 156 g/mol. The highest BCUT2D eigenvalue weighted by Crippen LogP contribution is 2.08. The molecule has 1 aliphatic rings. The summed E-state index contributed by atoms with van der Waals surface area (Å²) in [5.41, 5.74) is 1.31. The van der Waals surface area contributed by atoms with Crippen LogP contribution in [0.3, 0.4) is 0 Å². The molecule has 1 aliphatic heterocycles. The van der Waals surface area contributed by atoms with E-state index in [4.69, 9.17) is 5.90 Å². The summed E-state index contributed by atoms with van der Waals surface area (Å²) in [6.45, 7) is 6.06. The fourth-order valence-electron chi connectivity index (χ4n) is 1.36. The number of likely N-dealkylation sites (N-methyl/N-ethyl adjacent to an activating group) is 1. The van der Waals surface area contributed by atoms with Crippen molar-refractivity contribution in [3.05, 3.63) is 11.6 Å². The van der Waals surface area contributed by atoms with Gasteiger partial charge < -0.3 is 4.84 Å². The summed E-state index contributed by atoms with van der Waals surface area (Å²) in [7, 11) is 0. The van der Waals surface area contributed by atoms with Crippen LogP contribution in [0.15, 0.2) is 11.6 Å². The average molecular weight is 156 g/mol. The van der Waals surface area contributed by atoms with Crippen molar-refractivity contribution in [2.45, 2.75) is 13.3 Å². The number of nitrogens with two attached hydrogens (primary N) is 1. The van der Waals surface area contributed by atoms with Gasteiger partial charge >= 0.3 is 0 Å². The molecule has 0 unspecified atom stereocenters. The molecule has 3 nitrogen and oxygen atoms in total. The second-order valence-electron chi connectivity index (χ2n) is 2.83. The van der Waals surface area contributed by atoms with Gasteiger partial charge in [0.15, 0.2) is 0 Å². The number of rotatable bonds is 3. The third-order valence-corrected chi connectivity index (χ3v) is 2.02. The summed E-state index contributed by atoms with van der Waals surface area (Å²) >= 11 is 0. The Kier molecular flexibility index (Phi) is 3.56. The maximum atomic E-state index is 4.99. The molecule has 64 valence electrons. The van der Waals surface area contributed by atoms with Gasteiger partial charge in [-0.25, -0.2) is 5.90 Å². The zero-order chi connectivity index (χ0) is 8.10. The lowest BCUT2D eigenvalue weighted by molar-refractivity contribution is 0.151. The smallest absolute Gasteiger partial charge is 0.0902 e. The molecule has 0 aromatic heterocycles. The first-order valence-electron chi connectivity index (χ1n) is 4.08. The second kappa shape index (κ2) is 4.49. The second-order valence-corrected chi connectivity index (χ2v) is 2.83. The number of hydrogen-bond donors (Lipinski definition) is 1. The Morgan fingerprint density at radius 2 is 2.55 bits per heavy atom. The molecule has 3 heteroatoms. The summed E-state index contributed by atoms with van der Waals surface area (Å²) in [4.78, 5) is 6.96. The molecule has 0 amide bonds. The van der Waals surface area contributed by atoms with E-state index in [1.54, 1.807) is 0 Å². The molecule has 1 heterocycles. The van der Waals surface area contributed by atoms with Crippen LogP contribution in [0.5, 0.6) is 0 Å². The van der Waals surface area contributed by atoms with Gasteiger partial charge in [-0.3, -0.25) is 4.90 Å². The van der Waals surface area contributed by atoms with E-state index in [1.165, 1.54) is 12.1 Å². The van der Waals surface area contributed by atoms with Crippen molar-refractivity contribution >= 4 is 0 Å². The van der Waals surface area contributed by atoms with Crippen molar-refractivity contribution in [1.29, 1.82) is 0 Å². The van der Waals surface area contributed by atoms with Gasteiger partial charge in [0.25, 0.3) is 0 Å². The lowest BCUT2D eigenvalue weighted by atomic mass is 10.1. The molecule has 0 radical (unpaired) electrons. The van der Waals surface area contributed by atoms with Crippen LogP contribution in [0.25, 0.3) is 0 Å². The van der Waals surface area contributed by atoms with Gasteiger partial charge in [-0.1, -0.05) is 13.0 Å². The van der Waals surface area contributed by atoms with Gasteiger partial charge in [0, 0.05) is 13.1 Å². The summed E-state index contributed by atoms with van der Waals surface area (Å²) < 4.78 is 0. The van der Waals surface area contributed by atoms with E-state index in [9.17, 15) is 0 Å². The standard InChI is InChI=1S/C8H16N2O/c1-2-10-5-3-4-8(6-10)7-11-9/h4H,2-3,5-7,9H2,1H3. The predicted octanol–water partition coefficient (Wildman–Crippen LogP) is 0.529. The van der Waals surface area contributed by atoms with E-state index in [-0.39, 0.29) is 0 Å². The topological polar surface area (TPSA) is 38.5 Å². The van der Waals surface area contributed by atoms with Gasteiger partial charge in [0.2, 0.25) is 0 Å². The summed E-state index contributed by atoms with van der Waals surface area (Å²) in [6, 6.07) is 0. The highest BCUT2D eigenvalue weighted by molar-refractivity contribution is 5.08. The number of nitrogens with zero attached hydrogens (tertiary/aromatic N) is 1.